The molecule has 0 saturated carbocycles. The van der Waals surface area contributed by atoms with Gasteiger partial charge in [-0.3, -0.25) is 14.3 Å². The van der Waals surface area contributed by atoms with E-state index in [1.807, 2.05) is 6.92 Å². The molecule has 0 saturated heterocycles. The number of aromatic nitrogens is 6. The number of halogens is 2. The average molecular weight is 512 g/mol. The highest BCUT2D eigenvalue weighted by Gasteiger charge is 2.20. The van der Waals surface area contributed by atoms with Crippen molar-refractivity contribution in [1.82, 2.24) is 35.0 Å². The van der Waals surface area contributed by atoms with Gasteiger partial charge in [-0.15, -0.1) is 0 Å². The quantitative estimate of drug-likeness (QED) is 0.359. The Morgan fingerprint density at radius 3 is 2.44 bits per heavy atom. The third-order valence-electron chi connectivity index (χ3n) is 5.40. The Balaban J connectivity index is 1.83. The van der Waals surface area contributed by atoms with Crippen LogP contribution in [0.5, 0.6) is 0 Å². The number of pyridine rings is 2. The van der Waals surface area contributed by atoms with Crippen molar-refractivity contribution in [3.63, 3.8) is 0 Å². The van der Waals surface area contributed by atoms with E-state index < -0.39 is 23.5 Å². The number of likely N-dealkylation sites (N-methyl/N-ethyl adjacent to an activating group) is 1. The lowest BCUT2D eigenvalue weighted by Crippen LogP contribution is -2.35. The van der Waals surface area contributed by atoms with Crippen molar-refractivity contribution in [2.45, 2.75) is 26.8 Å². The van der Waals surface area contributed by atoms with E-state index >= 15 is 0 Å². The summed E-state index contributed by atoms with van der Waals surface area (Å²) in [7, 11) is 3.42. The van der Waals surface area contributed by atoms with Crippen molar-refractivity contribution in [3.05, 3.63) is 52.4 Å². The second-order valence-corrected chi connectivity index (χ2v) is 8.53. The Morgan fingerprint density at radius 1 is 1.08 bits per heavy atom. The highest BCUT2D eigenvalue weighted by molar-refractivity contribution is 6.30. The molecule has 1 unspecified atom stereocenters. The van der Waals surface area contributed by atoms with Crippen LogP contribution in [0, 0.1) is 19.7 Å². The molecule has 36 heavy (non-hydrogen) atoms. The summed E-state index contributed by atoms with van der Waals surface area (Å²) in [6, 6.07) is 3.67. The first-order valence-electron chi connectivity index (χ1n) is 10.9. The highest BCUT2D eigenvalue weighted by atomic mass is 35.5. The Bertz CT molecular complexity index is 1500. The van der Waals surface area contributed by atoms with Crippen LogP contribution in [0.25, 0.3) is 22.3 Å². The van der Waals surface area contributed by atoms with Crippen LogP contribution in [0.2, 0.25) is 5.02 Å². The van der Waals surface area contributed by atoms with Gasteiger partial charge in [-0.05, 0) is 46.0 Å². The number of amides is 2. The zero-order valence-electron chi connectivity index (χ0n) is 20.1. The predicted octanol–water partition coefficient (Wildman–Crippen LogP) is 3.03. The van der Waals surface area contributed by atoms with Crippen LogP contribution in [-0.2, 0) is 11.8 Å². The number of anilines is 2. The maximum absolute atomic E-state index is 14.3. The van der Waals surface area contributed by atoms with Crippen LogP contribution in [-0.4, -0.2) is 54.6 Å². The van der Waals surface area contributed by atoms with Gasteiger partial charge >= 0.3 is 0 Å². The smallest absolute Gasteiger partial charge is 0.278 e. The molecular formula is C23H23ClFN9O2. The van der Waals surface area contributed by atoms with Gasteiger partial charge in [-0.1, -0.05) is 11.6 Å². The average Bonchev–Trinajstić information content (AvgIpc) is 3.10. The molecule has 4 aromatic heterocycles. The molecule has 2 amide bonds. The van der Waals surface area contributed by atoms with Gasteiger partial charge in [0.15, 0.2) is 11.5 Å². The Labute approximate surface area is 210 Å². The fraction of sp³-hybridized carbons (Fsp3) is 0.261. The number of nitrogens with one attached hydrogen (secondary N) is 3. The van der Waals surface area contributed by atoms with Crippen molar-refractivity contribution < 1.29 is 14.0 Å². The number of hydrogen-bond acceptors (Lipinski definition) is 8. The molecular weight excluding hydrogens is 489 g/mol. The SMILES string of the molecule is CNC(C)C(=O)Nc1cc(-c2nc(C)nc3c(C)nn(C)c23)cc(NC(=O)c2ncc(Cl)cc2F)n1. The molecule has 1 atom stereocenters. The van der Waals surface area contributed by atoms with Gasteiger partial charge in [0.05, 0.1) is 16.8 Å². The Hall–Kier alpha value is -4.03. The molecule has 0 bridgehead atoms. The van der Waals surface area contributed by atoms with E-state index in [4.69, 9.17) is 11.6 Å². The molecule has 0 aliphatic heterocycles. The summed E-state index contributed by atoms with van der Waals surface area (Å²) >= 11 is 5.74. The number of carbonyl (C=O) groups excluding carboxylic acids is 2. The first kappa shape index (κ1) is 25.1. The van der Waals surface area contributed by atoms with Crippen molar-refractivity contribution in [1.29, 1.82) is 0 Å². The minimum absolute atomic E-state index is 0.0457. The van der Waals surface area contributed by atoms with E-state index in [0.29, 0.717) is 28.1 Å². The van der Waals surface area contributed by atoms with Crippen LogP contribution in [0.4, 0.5) is 16.0 Å². The third-order valence-corrected chi connectivity index (χ3v) is 5.61. The lowest BCUT2D eigenvalue weighted by molar-refractivity contribution is -0.117. The summed E-state index contributed by atoms with van der Waals surface area (Å²) in [5, 5.41) is 12.6. The Kier molecular flexibility index (Phi) is 6.91. The fourth-order valence-electron chi connectivity index (χ4n) is 3.57. The number of fused-ring (bicyclic) bond motifs is 1. The summed E-state index contributed by atoms with van der Waals surface area (Å²) in [4.78, 5) is 42.5. The summed E-state index contributed by atoms with van der Waals surface area (Å²) in [5.74, 6) is -1.35. The molecule has 4 aromatic rings. The summed E-state index contributed by atoms with van der Waals surface area (Å²) < 4.78 is 15.9. The van der Waals surface area contributed by atoms with Gasteiger partial charge in [-0.25, -0.2) is 24.3 Å². The second kappa shape index (κ2) is 9.91. The van der Waals surface area contributed by atoms with E-state index in [1.54, 1.807) is 44.8 Å². The largest absolute Gasteiger partial charge is 0.309 e. The fourth-order valence-corrected chi connectivity index (χ4v) is 3.71. The maximum Gasteiger partial charge on any atom is 0.278 e. The van der Waals surface area contributed by atoms with Gasteiger partial charge < -0.3 is 16.0 Å². The third kappa shape index (κ3) is 4.99. The van der Waals surface area contributed by atoms with Crippen molar-refractivity contribution >= 4 is 46.1 Å². The lowest BCUT2D eigenvalue weighted by atomic mass is 10.1. The van der Waals surface area contributed by atoms with E-state index in [0.717, 1.165) is 11.8 Å². The summed E-state index contributed by atoms with van der Waals surface area (Å²) in [5.41, 5.74) is 2.64. The van der Waals surface area contributed by atoms with Crippen LogP contribution >= 0.6 is 11.6 Å². The number of rotatable bonds is 6. The van der Waals surface area contributed by atoms with E-state index in [2.05, 4.69) is 41.0 Å². The normalized spacial score (nSPS) is 12.0. The minimum atomic E-state index is -0.883. The monoisotopic (exact) mass is 511 g/mol. The zero-order valence-corrected chi connectivity index (χ0v) is 20.9. The number of aryl methyl sites for hydroxylation is 3. The van der Waals surface area contributed by atoms with Gasteiger partial charge in [0.25, 0.3) is 5.91 Å². The lowest BCUT2D eigenvalue weighted by Gasteiger charge is -2.14. The van der Waals surface area contributed by atoms with Crippen LogP contribution in [0.1, 0.15) is 28.9 Å². The first-order chi connectivity index (χ1) is 17.1. The van der Waals surface area contributed by atoms with E-state index in [1.165, 1.54) is 6.20 Å². The van der Waals surface area contributed by atoms with Crippen LogP contribution < -0.4 is 16.0 Å². The molecule has 11 nitrogen and oxygen atoms in total. The first-order valence-corrected chi connectivity index (χ1v) is 11.3. The second-order valence-electron chi connectivity index (χ2n) is 8.09. The topological polar surface area (TPSA) is 140 Å². The molecule has 13 heteroatoms. The molecule has 0 aromatic carbocycles. The van der Waals surface area contributed by atoms with Gasteiger partial charge in [0.1, 0.15) is 34.2 Å². The molecule has 0 aliphatic rings. The van der Waals surface area contributed by atoms with E-state index in [-0.39, 0.29) is 22.6 Å². The number of nitrogens with zero attached hydrogens (tertiary/aromatic N) is 6. The summed E-state index contributed by atoms with van der Waals surface area (Å²) in [6.45, 7) is 5.29. The Morgan fingerprint density at radius 2 is 1.78 bits per heavy atom. The number of carbonyl (C=O) groups is 2. The van der Waals surface area contributed by atoms with Gasteiger partial charge in [-0.2, -0.15) is 5.10 Å². The predicted molar refractivity (Wildman–Crippen MR) is 133 cm³/mol. The molecule has 4 heterocycles. The van der Waals surface area contributed by atoms with Crippen molar-refractivity contribution in [2.24, 2.45) is 7.05 Å². The van der Waals surface area contributed by atoms with Gasteiger partial charge in [0.2, 0.25) is 5.91 Å². The van der Waals surface area contributed by atoms with Crippen molar-refractivity contribution in [3.8, 4) is 11.3 Å². The minimum Gasteiger partial charge on any atom is -0.309 e. The van der Waals surface area contributed by atoms with Crippen molar-refractivity contribution in [2.75, 3.05) is 17.7 Å². The van der Waals surface area contributed by atoms with Crippen LogP contribution in [0.3, 0.4) is 0 Å². The molecule has 3 N–H and O–H groups in total. The molecule has 0 aliphatic carbocycles. The van der Waals surface area contributed by atoms with E-state index in [9.17, 15) is 14.0 Å². The van der Waals surface area contributed by atoms with Crippen LogP contribution in [0.15, 0.2) is 24.4 Å². The molecule has 4 rings (SSSR count). The van der Waals surface area contributed by atoms with Gasteiger partial charge in [0, 0.05) is 18.8 Å². The molecule has 0 fully saturated rings. The molecule has 0 radical (unpaired) electrons. The highest BCUT2D eigenvalue weighted by Crippen LogP contribution is 2.30. The maximum atomic E-state index is 14.3. The standard InChI is InChI=1S/C23H23ClFN9O2/c1-10-18-21(34(5)33-10)19(29-12(3)28-18)13-6-16(31-22(35)11(2)26-4)30-17(7-13)32-23(36)20-15(25)8-14(24)9-27-20/h6-9,11,26H,1-5H3,(H2,30,31,32,35,36). The zero-order chi connectivity index (χ0) is 26.1. The number of hydrogen-bond donors (Lipinski definition) is 3. The summed E-state index contributed by atoms with van der Waals surface area (Å²) in [6.07, 6.45) is 1.17. The molecule has 186 valence electrons. The molecule has 0 spiro atoms.